The molecule has 0 saturated carbocycles. The van der Waals surface area contributed by atoms with E-state index < -0.39 is 12.2 Å². The maximum absolute atomic E-state index is 9.33. The van der Waals surface area contributed by atoms with E-state index in [2.05, 4.69) is 0 Å². The second-order valence-electron chi connectivity index (χ2n) is 3.60. The van der Waals surface area contributed by atoms with Gasteiger partial charge in [0.15, 0.2) is 0 Å². The number of hydrogen-bond donors (Lipinski definition) is 2. The average molecular weight is 265 g/mol. The Morgan fingerprint density at radius 1 is 1.31 bits per heavy atom. The highest BCUT2D eigenvalue weighted by Gasteiger charge is 2.16. The lowest BCUT2D eigenvalue weighted by Crippen LogP contribution is -2.26. The van der Waals surface area contributed by atoms with Crippen molar-refractivity contribution in [1.82, 2.24) is 0 Å². The van der Waals surface area contributed by atoms with Gasteiger partial charge in [0.2, 0.25) is 0 Å². The second kappa shape index (κ2) is 5.73. The largest absolute Gasteiger partial charge is 0.486 e. The molecule has 0 heterocycles. The summed E-state index contributed by atoms with van der Waals surface area (Å²) in [6.07, 6.45) is -1.04. The molecular formula is C11H14Cl2O3. The summed E-state index contributed by atoms with van der Waals surface area (Å²) in [7, 11) is 0. The van der Waals surface area contributed by atoms with Gasteiger partial charge in [-0.2, -0.15) is 0 Å². The van der Waals surface area contributed by atoms with E-state index in [9.17, 15) is 5.11 Å². The first-order valence-corrected chi connectivity index (χ1v) is 5.64. The van der Waals surface area contributed by atoms with Crippen molar-refractivity contribution in [2.75, 3.05) is 0 Å². The summed E-state index contributed by atoms with van der Waals surface area (Å²) in [6.45, 7) is 3.12. The first-order valence-electron chi connectivity index (χ1n) is 4.89. The lowest BCUT2D eigenvalue weighted by Gasteiger charge is -2.20. The Bertz CT molecular complexity index is 366. The van der Waals surface area contributed by atoms with Crippen LogP contribution in [-0.2, 0) is 6.61 Å². The molecule has 5 heteroatoms. The smallest absolute Gasteiger partial charge is 0.144 e. The zero-order valence-electron chi connectivity index (χ0n) is 9.08. The van der Waals surface area contributed by atoms with Gasteiger partial charge >= 0.3 is 0 Å². The van der Waals surface area contributed by atoms with Crippen molar-refractivity contribution in [3.05, 3.63) is 27.7 Å². The molecule has 0 amide bonds. The fourth-order valence-corrected chi connectivity index (χ4v) is 1.73. The van der Waals surface area contributed by atoms with Crippen LogP contribution in [0.5, 0.6) is 5.75 Å². The summed E-state index contributed by atoms with van der Waals surface area (Å²) < 4.78 is 5.48. The third-order valence-electron chi connectivity index (χ3n) is 2.24. The lowest BCUT2D eigenvalue weighted by molar-refractivity contribution is 0.0590. The third-order valence-corrected chi connectivity index (χ3v) is 2.74. The summed E-state index contributed by atoms with van der Waals surface area (Å²) in [6, 6.07) is 3.11. The topological polar surface area (TPSA) is 49.7 Å². The predicted molar refractivity (Wildman–Crippen MR) is 64.2 cm³/mol. The summed E-state index contributed by atoms with van der Waals surface area (Å²) in [5.41, 5.74) is 0.505. The van der Waals surface area contributed by atoms with Crippen LogP contribution in [0.2, 0.25) is 10.0 Å². The van der Waals surface area contributed by atoms with E-state index in [1.54, 1.807) is 19.9 Å². The maximum atomic E-state index is 9.33. The van der Waals surface area contributed by atoms with Crippen LogP contribution in [0.4, 0.5) is 0 Å². The molecule has 90 valence electrons. The Labute approximate surface area is 105 Å². The summed E-state index contributed by atoms with van der Waals surface area (Å²) in [4.78, 5) is 0. The normalized spacial score (nSPS) is 14.6. The van der Waals surface area contributed by atoms with Crippen molar-refractivity contribution in [3.8, 4) is 5.75 Å². The molecule has 16 heavy (non-hydrogen) atoms. The van der Waals surface area contributed by atoms with Crippen LogP contribution >= 0.6 is 23.2 Å². The Morgan fingerprint density at radius 3 is 2.44 bits per heavy atom. The van der Waals surface area contributed by atoms with E-state index in [1.807, 2.05) is 0 Å². The van der Waals surface area contributed by atoms with Crippen LogP contribution in [0.25, 0.3) is 0 Å². The quantitative estimate of drug-likeness (QED) is 0.879. The van der Waals surface area contributed by atoms with Crippen molar-refractivity contribution < 1.29 is 14.9 Å². The third kappa shape index (κ3) is 3.25. The molecule has 0 radical (unpaired) electrons. The molecule has 1 aromatic carbocycles. The second-order valence-corrected chi connectivity index (χ2v) is 4.44. The van der Waals surface area contributed by atoms with Crippen molar-refractivity contribution in [2.45, 2.75) is 32.7 Å². The van der Waals surface area contributed by atoms with Crippen molar-refractivity contribution in [3.63, 3.8) is 0 Å². The highest BCUT2D eigenvalue weighted by atomic mass is 35.5. The standard InChI is InChI=1S/C11H14Cl2O3/c1-6(15)7(2)16-11-8(5-14)3-9(12)4-10(11)13/h3-4,6-7,14-15H,5H2,1-2H3. The average Bonchev–Trinajstić information content (AvgIpc) is 2.21. The monoisotopic (exact) mass is 264 g/mol. The molecule has 1 aromatic rings. The summed E-state index contributed by atoms with van der Waals surface area (Å²) >= 11 is 11.8. The van der Waals surface area contributed by atoms with Gasteiger partial charge in [-0.15, -0.1) is 0 Å². The van der Waals surface area contributed by atoms with E-state index in [-0.39, 0.29) is 6.61 Å². The van der Waals surface area contributed by atoms with Gasteiger partial charge in [0.05, 0.1) is 17.7 Å². The fourth-order valence-electron chi connectivity index (χ4n) is 1.15. The molecule has 0 spiro atoms. The van der Waals surface area contributed by atoms with Gasteiger partial charge in [0.25, 0.3) is 0 Å². The number of rotatable bonds is 4. The number of aliphatic hydroxyl groups is 2. The molecule has 1 rings (SSSR count). The van der Waals surface area contributed by atoms with E-state index in [1.165, 1.54) is 6.07 Å². The summed E-state index contributed by atoms with van der Waals surface area (Å²) in [5, 5.41) is 19.3. The highest BCUT2D eigenvalue weighted by molar-refractivity contribution is 6.35. The molecule has 0 saturated heterocycles. The first-order chi connectivity index (χ1) is 7.45. The van der Waals surface area contributed by atoms with Crippen LogP contribution in [0.1, 0.15) is 19.4 Å². The molecule has 0 aliphatic heterocycles. The Balaban J connectivity index is 3.02. The minimum absolute atomic E-state index is 0.220. The van der Waals surface area contributed by atoms with Crippen LogP contribution in [0.3, 0.4) is 0 Å². The molecule has 2 unspecified atom stereocenters. The van der Waals surface area contributed by atoms with Gasteiger partial charge < -0.3 is 14.9 Å². The molecule has 2 N–H and O–H groups in total. The van der Waals surface area contributed by atoms with Gasteiger partial charge in [-0.05, 0) is 26.0 Å². The zero-order chi connectivity index (χ0) is 12.3. The van der Waals surface area contributed by atoms with Gasteiger partial charge in [-0.25, -0.2) is 0 Å². The number of hydrogen-bond acceptors (Lipinski definition) is 3. The number of aliphatic hydroxyl groups excluding tert-OH is 2. The molecule has 0 aliphatic carbocycles. The van der Waals surface area contributed by atoms with Crippen molar-refractivity contribution in [2.24, 2.45) is 0 Å². The molecular weight excluding hydrogens is 251 g/mol. The van der Waals surface area contributed by atoms with E-state index in [4.69, 9.17) is 33.0 Å². The van der Waals surface area contributed by atoms with Crippen LogP contribution in [0, 0.1) is 0 Å². The minimum atomic E-state index is -0.627. The molecule has 0 aromatic heterocycles. The van der Waals surface area contributed by atoms with Crippen LogP contribution in [0.15, 0.2) is 12.1 Å². The number of benzene rings is 1. The molecule has 2 atom stereocenters. The van der Waals surface area contributed by atoms with Gasteiger partial charge in [-0.1, -0.05) is 23.2 Å². The van der Waals surface area contributed by atoms with Crippen molar-refractivity contribution in [1.29, 1.82) is 0 Å². The molecule has 3 nitrogen and oxygen atoms in total. The molecule has 0 aliphatic rings. The van der Waals surface area contributed by atoms with E-state index in [0.29, 0.717) is 21.4 Å². The van der Waals surface area contributed by atoms with Gasteiger partial charge in [-0.3, -0.25) is 0 Å². The molecule has 0 bridgehead atoms. The van der Waals surface area contributed by atoms with E-state index in [0.717, 1.165) is 0 Å². The number of ether oxygens (including phenoxy) is 1. The van der Waals surface area contributed by atoms with Crippen LogP contribution < -0.4 is 4.74 Å². The van der Waals surface area contributed by atoms with Gasteiger partial charge in [0.1, 0.15) is 11.9 Å². The first kappa shape index (κ1) is 13.6. The Morgan fingerprint density at radius 2 is 1.94 bits per heavy atom. The van der Waals surface area contributed by atoms with Gasteiger partial charge in [0, 0.05) is 10.6 Å². The van der Waals surface area contributed by atoms with E-state index >= 15 is 0 Å². The summed E-state index contributed by atoms with van der Waals surface area (Å²) in [5.74, 6) is 0.363. The number of halogens is 2. The maximum Gasteiger partial charge on any atom is 0.144 e. The Hall–Kier alpha value is -0.480. The SMILES string of the molecule is CC(O)C(C)Oc1c(Cl)cc(Cl)cc1CO. The fraction of sp³-hybridized carbons (Fsp3) is 0.455. The Kier molecular flexibility index (Phi) is 4.87. The highest BCUT2D eigenvalue weighted by Crippen LogP contribution is 2.33. The minimum Gasteiger partial charge on any atom is -0.486 e. The predicted octanol–water partition coefficient (Wildman–Crippen LogP) is 2.63. The van der Waals surface area contributed by atoms with Crippen LogP contribution in [-0.4, -0.2) is 22.4 Å². The molecule has 0 fully saturated rings. The lowest BCUT2D eigenvalue weighted by atomic mass is 10.2. The van der Waals surface area contributed by atoms with Crippen molar-refractivity contribution >= 4 is 23.2 Å². The zero-order valence-corrected chi connectivity index (χ0v) is 10.6.